The standard InChI is InChI=1S/C26H29NO4/c1-5-12-27-23(18-7-6-8-19(15-18)30-13-11-16(2)3)22-24(28)20-14-17(4)9-10-21(20)31-25(22)26(27)29/h6-10,14-16,23H,5,11-13H2,1-4H3/t23-/m0/s1. The van der Waals surface area contributed by atoms with Crippen molar-refractivity contribution in [1.82, 2.24) is 4.90 Å². The molecule has 4 rings (SSSR count). The van der Waals surface area contributed by atoms with Crippen LogP contribution in [0.2, 0.25) is 0 Å². The fraction of sp³-hybridized carbons (Fsp3) is 0.385. The Kier molecular flexibility index (Phi) is 5.86. The molecular formula is C26H29NO4. The number of benzene rings is 2. The molecule has 0 aliphatic carbocycles. The van der Waals surface area contributed by atoms with E-state index in [9.17, 15) is 9.59 Å². The summed E-state index contributed by atoms with van der Waals surface area (Å²) in [6, 6.07) is 12.7. The van der Waals surface area contributed by atoms with E-state index in [2.05, 4.69) is 13.8 Å². The summed E-state index contributed by atoms with van der Waals surface area (Å²) in [7, 11) is 0. The molecule has 1 atom stereocenters. The Balaban J connectivity index is 1.82. The van der Waals surface area contributed by atoms with Gasteiger partial charge < -0.3 is 14.1 Å². The third-order valence-corrected chi connectivity index (χ3v) is 5.72. The van der Waals surface area contributed by atoms with Crippen LogP contribution >= 0.6 is 0 Å². The zero-order valence-corrected chi connectivity index (χ0v) is 18.6. The molecule has 3 aromatic rings. The lowest BCUT2D eigenvalue weighted by Gasteiger charge is -2.25. The molecule has 0 saturated heterocycles. The van der Waals surface area contributed by atoms with Crippen molar-refractivity contribution >= 4 is 16.9 Å². The van der Waals surface area contributed by atoms with Gasteiger partial charge in [-0.25, -0.2) is 0 Å². The van der Waals surface area contributed by atoms with Crippen molar-refractivity contribution in [3.05, 3.63) is 75.1 Å². The molecule has 0 spiro atoms. The number of hydrogen-bond donors (Lipinski definition) is 0. The van der Waals surface area contributed by atoms with E-state index in [1.54, 1.807) is 11.0 Å². The van der Waals surface area contributed by atoms with Gasteiger partial charge in [-0.2, -0.15) is 0 Å². The predicted molar refractivity (Wildman–Crippen MR) is 122 cm³/mol. The van der Waals surface area contributed by atoms with Crippen molar-refractivity contribution < 1.29 is 13.9 Å². The van der Waals surface area contributed by atoms with Crippen LogP contribution in [0.15, 0.2) is 51.7 Å². The van der Waals surface area contributed by atoms with Crippen LogP contribution in [0.1, 0.15) is 66.9 Å². The first-order chi connectivity index (χ1) is 14.9. The lowest BCUT2D eigenvalue weighted by Crippen LogP contribution is -2.30. The molecule has 2 aromatic carbocycles. The predicted octanol–water partition coefficient (Wildman–Crippen LogP) is 5.48. The fourth-order valence-electron chi connectivity index (χ4n) is 4.14. The van der Waals surface area contributed by atoms with Crippen molar-refractivity contribution in [3.8, 4) is 5.75 Å². The molecule has 1 aliphatic rings. The molecule has 162 valence electrons. The Morgan fingerprint density at radius 1 is 1.13 bits per heavy atom. The number of ether oxygens (including phenoxy) is 1. The number of nitrogens with zero attached hydrogens (tertiary/aromatic N) is 1. The van der Waals surface area contributed by atoms with Crippen molar-refractivity contribution in [2.45, 2.75) is 46.6 Å². The van der Waals surface area contributed by atoms with Crippen molar-refractivity contribution in [2.75, 3.05) is 13.2 Å². The van der Waals surface area contributed by atoms with Gasteiger partial charge in [0.15, 0.2) is 5.43 Å². The molecular weight excluding hydrogens is 390 g/mol. The van der Waals surface area contributed by atoms with Gasteiger partial charge in [-0.05, 0) is 55.5 Å². The van der Waals surface area contributed by atoms with Gasteiger partial charge >= 0.3 is 0 Å². The van der Waals surface area contributed by atoms with Crippen molar-refractivity contribution in [1.29, 1.82) is 0 Å². The molecule has 31 heavy (non-hydrogen) atoms. The Labute approximate surface area is 182 Å². The molecule has 0 saturated carbocycles. The molecule has 0 N–H and O–H groups in total. The van der Waals surface area contributed by atoms with Crippen LogP contribution in [0.25, 0.3) is 11.0 Å². The van der Waals surface area contributed by atoms with Crippen LogP contribution in [-0.2, 0) is 0 Å². The Morgan fingerprint density at radius 2 is 1.94 bits per heavy atom. The molecule has 1 aliphatic heterocycles. The maximum Gasteiger partial charge on any atom is 0.290 e. The highest BCUT2D eigenvalue weighted by Crippen LogP contribution is 2.39. The van der Waals surface area contributed by atoms with Gasteiger partial charge in [0, 0.05) is 6.54 Å². The van der Waals surface area contributed by atoms with E-state index < -0.39 is 6.04 Å². The number of carbonyl (C=O) groups excluding carboxylic acids is 1. The largest absolute Gasteiger partial charge is 0.494 e. The van der Waals surface area contributed by atoms with Gasteiger partial charge in [0.25, 0.3) is 5.91 Å². The van der Waals surface area contributed by atoms with E-state index in [0.29, 0.717) is 35.6 Å². The summed E-state index contributed by atoms with van der Waals surface area (Å²) in [4.78, 5) is 28.5. The SMILES string of the molecule is CCCN1C(=O)c2oc3ccc(C)cc3c(=O)c2[C@@H]1c1cccc(OCCC(C)C)c1. The minimum Gasteiger partial charge on any atom is -0.494 e. The summed E-state index contributed by atoms with van der Waals surface area (Å²) >= 11 is 0. The zero-order valence-electron chi connectivity index (χ0n) is 18.6. The zero-order chi connectivity index (χ0) is 22.1. The monoisotopic (exact) mass is 419 g/mol. The Morgan fingerprint density at radius 3 is 2.68 bits per heavy atom. The van der Waals surface area contributed by atoms with Gasteiger partial charge in [-0.1, -0.05) is 44.5 Å². The smallest absolute Gasteiger partial charge is 0.290 e. The molecule has 0 bridgehead atoms. The van der Waals surface area contributed by atoms with E-state index in [4.69, 9.17) is 9.15 Å². The Hall–Kier alpha value is -3.08. The highest BCUT2D eigenvalue weighted by Gasteiger charge is 2.42. The molecule has 2 heterocycles. The second-order valence-electron chi connectivity index (χ2n) is 8.68. The number of amides is 1. The summed E-state index contributed by atoms with van der Waals surface area (Å²) in [6.07, 6.45) is 1.75. The normalized spacial score (nSPS) is 15.7. The minimum absolute atomic E-state index is 0.136. The van der Waals surface area contributed by atoms with Gasteiger partial charge in [-0.15, -0.1) is 0 Å². The highest BCUT2D eigenvalue weighted by atomic mass is 16.5. The van der Waals surface area contributed by atoms with Gasteiger partial charge in [0.05, 0.1) is 23.6 Å². The van der Waals surface area contributed by atoms with E-state index in [-0.39, 0.29) is 17.1 Å². The molecule has 1 aromatic heterocycles. The number of rotatable bonds is 7. The summed E-state index contributed by atoms with van der Waals surface area (Å²) in [6.45, 7) is 9.46. The third kappa shape index (κ3) is 3.97. The summed E-state index contributed by atoms with van der Waals surface area (Å²) in [5.74, 6) is 1.24. The van der Waals surface area contributed by atoms with E-state index in [1.807, 2.05) is 50.2 Å². The van der Waals surface area contributed by atoms with E-state index in [0.717, 1.165) is 29.7 Å². The Bertz CT molecular complexity index is 1180. The molecule has 0 unspecified atom stereocenters. The maximum atomic E-state index is 13.5. The summed E-state index contributed by atoms with van der Waals surface area (Å²) in [5, 5.41) is 0.513. The highest BCUT2D eigenvalue weighted by molar-refractivity contribution is 5.99. The number of carbonyl (C=O) groups is 1. The van der Waals surface area contributed by atoms with Crippen LogP contribution < -0.4 is 10.2 Å². The molecule has 0 fully saturated rings. The molecule has 1 amide bonds. The van der Waals surface area contributed by atoms with Crippen molar-refractivity contribution in [2.24, 2.45) is 5.92 Å². The first-order valence-electron chi connectivity index (χ1n) is 11.0. The van der Waals surface area contributed by atoms with Crippen LogP contribution in [0.5, 0.6) is 5.75 Å². The molecule has 0 radical (unpaired) electrons. The minimum atomic E-state index is -0.475. The topological polar surface area (TPSA) is 59.8 Å². The van der Waals surface area contributed by atoms with Gasteiger partial charge in [0.2, 0.25) is 5.76 Å². The van der Waals surface area contributed by atoms with Crippen molar-refractivity contribution in [3.63, 3.8) is 0 Å². The lowest BCUT2D eigenvalue weighted by atomic mass is 9.98. The average molecular weight is 420 g/mol. The van der Waals surface area contributed by atoms with Gasteiger partial charge in [-0.3, -0.25) is 9.59 Å². The first-order valence-corrected chi connectivity index (χ1v) is 11.0. The van der Waals surface area contributed by atoms with Crippen LogP contribution in [0.4, 0.5) is 0 Å². The second kappa shape index (κ2) is 8.58. The molecule has 5 heteroatoms. The summed E-state index contributed by atoms with van der Waals surface area (Å²) < 4.78 is 11.9. The van der Waals surface area contributed by atoms with Crippen LogP contribution in [0, 0.1) is 12.8 Å². The summed E-state index contributed by atoms with van der Waals surface area (Å²) in [5.41, 5.74) is 2.58. The number of hydrogen-bond acceptors (Lipinski definition) is 4. The lowest BCUT2D eigenvalue weighted by molar-refractivity contribution is 0.0728. The van der Waals surface area contributed by atoms with Gasteiger partial charge in [0.1, 0.15) is 11.3 Å². The number of aryl methyl sites for hydroxylation is 1. The average Bonchev–Trinajstić information content (AvgIpc) is 3.01. The first kappa shape index (κ1) is 21.2. The van der Waals surface area contributed by atoms with Crippen LogP contribution in [-0.4, -0.2) is 24.0 Å². The third-order valence-electron chi connectivity index (χ3n) is 5.72. The quantitative estimate of drug-likeness (QED) is 0.509. The van der Waals surface area contributed by atoms with Crippen LogP contribution in [0.3, 0.4) is 0 Å². The number of fused-ring (bicyclic) bond motifs is 2. The molecule has 5 nitrogen and oxygen atoms in total. The maximum absolute atomic E-state index is 13.5. The second-order valence-corrected chi connectivity index (χ2v) is 8.68. The van der Waals surface area contributed by atoms with E-state index in [1.165, 1.54) is 0 Å². The van der Waals surface area contributed by atoms with E-state index >= 15 is 0 Å². The fourth-order valence-corrected chi connectivity index (χ4v) is 4.14.